The van der Waals surface area contributed by atoms with Crippen molar-refractivity contribution in [1.82, 2.24) is 30.1 Å². The lowest BCUT2D eigenvalue weighted by molar-refractivity contribution is -0.136. The number of piperidine rings is 1. The van der Waals surface area contributed by atoms with Crippen LogP contribution in [0.1, 0.15) is 48.3 Å². The van der Waals surface area contributed by atoms with Gasteiger partial charge in [0.25, 0.3) is 5.91 Å². The quantitative estimate of drug-likeness (QED) is 0.625. The van der Waals surface area contributed by atoms with Gasteiger partial charge >= 0.3 is 0 Å². The van der Waals surface area contributed by atoms with Crippen molar-refractivity contribution in [2.24, 2.45) is 5.92 Å². The Kier molecular flexibility index (Phi) is 6.44. The molecule has 3 aliphatic heterocycles. The fourth-order valence-corrected chi connectivity index (χ4v) is 6.20. The molecular weight excluding hydrogens is 452 g/mol. The summed E-state index contributed by atoms with van der Waals surface area (Å²) in [5, 5.41) is 11.7. The van der Waals surface area contributed by atoms with E-state index >= 15 is 0 Å². The Bertz CT molecular complexity index is 1120. The van der Waals surface area contributed by atoms with Crippen molar-refractivity contribution in [2.75, 3.05) is 25.4 Å². The van der Waals surface area contributed by atoms with E-state index in [0.29, 0.717) is 29.7 Å². The van der Waals surface area contributed by atoms with Crippen molar-refractivity contribution in [3.8, 4) is 5.69 Å². The molecule has 0 bridgehead atoms. The minimum absolute atomic E-state index is 0.186. The number of imide groups is 1. The van der Waals surface area contributed by atoms with Gasteiger partial charge in [-0.05, 0) is 30.0 Å². The summed E-state index contributed by atoms with van der Waals surface area (Å²) in [4.78, 5) is 40.9. The summed E-state index contributed by atoms with van der Waals surface area (Å²) in [7, 11) is 0. The number of rotatable bonds is 6. The number of nitrogens with zero attached hydrogens (tertiary/aromatic N) is 5. The minimum atomic E-state index is -0.609. The lowest BCUT2D eigenvalue weighted by Crippen LogP contribution is -2.52. The van der Waals surface area contributed by atoms with Crippen LogP contribution in [0.25, 0.3) is 5.69 Å². The number of benzene rings is 1. The van der Waals surface area contributed by atoms with Gasteiger partial charge in [-0.3, -0.25) is 19.7 Å². The predicted molar refractivity (Wildman–Crippen MR) is 129 cm³/mol. The Morgan fingerprint density at radius 2 is 2.09 bits per heavy atom. The Labute approximate surface area is 203 Å². The summed E-state index contributed by atoms with van der Waals surface area (Å²) in [5.41, 5.74) is 3.15. The number of aromatic nitrogens is 3. The summed E-state index contributed by atoms with van der Waals surface area (Å²) >= 11 is 2.08. The Morgan fingerprint density at radius 3 is 2.88 bits per heavy atom. The zero-order valence-electron chi connectivity index (χ0n) is 19.6. The number of carbonyl (C=O) groups is 3. The standard InChI is InChI=1S/C24H30N6O3S/c1-15(2)21-14-28(9-10-34-21)8-7-17-13-30(27-26-17)18-4-3-16-12-29(24(33)19(16)11-18)20-5-6-22(31)25-23(20)32/h3-4,11,13,15,20-21H,5-10,12,14H2,1-2H3,(H,25,31,32). The fraction of sp³-hybridized carbons (Fsp3) is 0.542. The molecule has 2 saturated heterocycles. The van der Waals surface area contributed by atoms with Crippen molar-refractivity contribution in [2.45, 2.75) is 50.9 Å². The van der Waals surface area contributed by atoms with Gasteiger partial charge in [-0.1, -0.05) is 25.1 Å². The Morgan fingerprint density at radius 1 is 1.24 bits per heavy atom. The SMILES string of the molecule is CC(C)C1CN(CCc2cn(-c3ccc4c(c3)C(=O)N(C3CCC(=O)NC3=O)C4)nn2)CCS1. The fourth-order valence-electron chi connectivity index (χ4n) is 4.83. The first kappa shape index (κ1) is 23.0. The third kappa shape index (κ3) is 4.61. The molecule has 0 spiro atoms. The van der Waals surface area contributed by atoms with E-state index < -0.39 is 11.9 Å². The van der Waals surface area contributed by atoms with Gasteiger partial charge in [0.15, 0.2) is 0 Å². The van der Waals surface area contributed by atoms with E-state index in [4.69, 9.17) is 0 Å². The summed E-state index contributed by atoms with van der Waals surface area (Å²) in [6.07, 6.45) is 3.37. The highest BCUT2D eigenvalue weighted by Crippen LogP contribution is 2.29. The molecule has 0 saturated carbocycles. The maximum Gasteiger partial charge on any atom is 0.255 e. The van der Waals surface area contributed by atoms with Crippen molar-refractivity contribution < 1.29 is 14.4 Å². The van der Waals surface area contributed by atoms with Crippen LogP contribution in [0.15, 0.2) is 24.4 Å². The Hall–Kier alpha value is -2.72. The van der Waals surface area contributed by atoms with Crippen molar-refractivity contribution in [3.05, 3.63) is 41.2 Å². The molecule has 1 N–H and O–H groups in total. The number of hydrogen-bond acceptors (Lipinski definition) is 7. The van der Waals surface area contributed by atoms with Gasteiger partial charge in [-0.15, -0.1) is 5.10 Å². The molecule has 1 aromatic carbocycles. The van der Waals surface area contributed by atoms with Crippen molar-refractivity contribution >= 4 is 29.5 Å². The molecule has 2 unspecified atom stereocenters. The molecule has 2 aromatic rings. The highest BCUT2D eigenvalue weighted by molar-refractivity contribution is 8.00. The van der Waals surface area contributed by atoms with Gasteiger partial charge in [0.2, 0.25) is 11.8 Å². The normalized spacial score (nSPS) is 23.5. The van der Waals surface area contributed by atoms with E-state index in [1.54, 1.807) is 9.58 Å². The van der Waals surface area contributed by atoms with Crippen LogP contribution in [0.3, 0.4) is 0 Å². The molecule has 5 rings (SSSR count). The second kappa shape index (κ2) is 9.50. The van der Waals surface area contributed by atoms with E-state index in [1.807, 2.05) is 24.4 Å². The number of thioether (sulfide) groups is 1. The van der Waals surface area contributed by atoms with Crippen LogP contribution in [0.2, 0.25) is 0 Å². The van der Waals surface area contributed by atoms with E-state index in [1.165, 1.54) is 5.75 Å². The second-order valence-corrected chi connectivity index (χ2v) is 10.9. The summed E-state index contributed by atoms with van der Waals surface area (Å²) in [6, 6.07) is 5.04. The first-order valence-electron chi connectivity index (χ1n) is 11.9. The van der Waals surface area contributed by atoms with Gasteiger partial charge in [0, 0.05) is 55.6 Å². The van der Waals surface area contributed by atoms with Crippen LogP contribution in [0, 0.1) is 5.92 Å². The highest BCUT2D eigenvalue weighted by Gasteiger charge is 2.39. The van der Waals surface area contributed by atoms with Crippen LogP contribution in [-0.2, 0) is 22.6 Å². The third-order valence-corrected chi connectivity index (χ3v) is 8.46. The molecule has 1 aromatic heterocycles. The highest BCUT2D eigenvalue weighted by atomic mass is 32.2. The van der Waals surface area contributed by atoms with Crippen LogP contribution in [-0.4, -0.2) is 79.2 Å². The summed E-state index contributed by atoms with van der Waals surface area (Å²) in [6.45, 7) is 8.14. The first-order chi connectivity index (χ1) is 16.4. The van der Waals surface area contributed by atoms with Gasteiger partial charge in [0.1, 0.15) is 6.04 Å². The van der Waals surface area contributed by atoms with E-state index in [2.05, 4.69) is 46.1 Å². The number of fused-ring (bicyclic) bond motifs is 1. The largest absolute Gasteiger partial charge is 0.322 e. The van der Waals surface area contributed by atoms with Gasteiger partial charge < -0.3 is 9.80 Å². The summed E-state index contributed by atoms with van der Waals surface area (Å²) in [5.74, 6) is 0.991. The molecule has 2 atom stereocenters. The van der Waals surface area contributed by atoms with Crippen molar-refractivity contribution in [1.29, 1.82) is 0 Å². The van der Waals surface area contributed by atoms with Gasteiger partial charge in [-0.2, -0.15) is 11.8 Å². The minimum Gasteiger partial charge on any atom is -0.322 e. The summed E-state index contributed by atoms with van der Waals surface area (Å²) < 4.78 is 1.71. The molecular formula is C24H30N6O3S. The lowest BCUT2D eigenvalue weighted by atomic mass is 10.0. The third-order valence-electron chi connectivity index (χ3n) is 6.92. The maximum atomic E-state index is 13.1. The average Bonchev–Trinajstić information content (AvgIpc) is 3.42. The van der Waals surface area contributed by atoms with Crippen molar-refractivity contribution in [3.63, 3.8) is 0 Å². The number of carbonyl (C=O) groups excluding carboxylic acids is 3. The number of hydrogen-bond donors (Lipinski definition) is 1. The topological polar surface area (TPSA) is 100 Å². The van der Waals surface area contributed by atoms with Crippen LogP contribution in [0.4, 0.5) is 0 Å². The monoisotopic (exact) mass is 482 g/mol. The smallest absolute Gasteiger partial charge is 0.255 e. The molecule has 0 radical (unpaired) electrons. The molecule has 10 heteroatoms. The second-order valence-electron chi connectivity index (χ2n) is 9.60. The van der Waals surface area contributed by atoms with Gasteiger partial charge in [0.05, 0.1) is 17.6 Å². The molecule has 180 valence electrons. The molecule has 4 heterocycles. The molecule has 0 aliphatic carbocycles. The number of amides is 3. The van der Waals surface area contributed by atoms with Crippen LogP contribution in [0.5, 0.6) is 0 Å². The molecule has 9 nitrogen and oxygen atoms in total. The molecule has 3 amide bonds. The average molecular weight is 483 g/mol. The van der Waals surface area contributed by atoms with E-state index in [9.17, 15) is 14.4 Å². The Balaban J connectivity index is 1.24. The van der Waals surface area contributed by atoms with Crippen LogP contribution >= 0.6 is 11.8 Å². The van der Waals surface area contributed by atoms with Gasteiger partial charge in [-0.25, -0.2) is 4.68 Å². The molecule has 34 heavy (non-hydrogen) atoms. The molecule has 3 aliphatic rings. The molecule has 2 fully saturated rings. The zero-order chi connectivity index (χ0) is 23.8. The predicted octanol–water partition coefficient (Wildman–Crippen LogP) is 1.64. The van der Waals surface area contributed by atoms with E-state index in [-0.39, 0.29) is 18.2 Å². The van der Waals surface area contributed by atoms with E-state index in [0.717, 1.165) is 43.0 Å². The lowest BCUT2D eigenvalue weighted by Gasteiger charge is -2.34. The van der Waals surface area contributed by atoms with Crippen LogP contribution < -0.4 is 5.32 Å². The first-order valence-corrected chi connectivity index (χ1v) is 13.0. The maximum absolute atomic E-state index is 13.1. The zero-order valence-corrected chi connectivity index (χ0v) is 20.4. The number of nitrogens with one attached hydrogen (secondary N) is 1.